The summed E-state index contributed by atoms with van der Waals surface area (Å²) < 4.78 is 82.6. The first-order valence-corrected chi connectivity index (χ1v) is 8.64. The SMILES string of the molecule is Cc1ccc2c(c1)c1c(c3ccc(C)cc32)N(C(F)(F)F)CCN1C(F)(F)F. The molecule has 0 radical (unpaired) electrons. The molecule has 0 aliphatic carbocycles. The number of anilines is 2. The molecule has 0 aromatic heterocycles. The van der Waals surface area contributed by atoms with E-state index < -0.39 is 37.1 Å². The van der Waals surface area contributed by atoms with Crippen molar-refractivity contribution in [2.24, 2.45) is 0 Å². The van der Waals surface area contributed by atoms with Gasteiger partial charge in [0.15, 0.2) is 0 Å². The Hall–Kier alpha value is -2.64. The Bertz CT molecular complexity index is 1080. The van der Waals surface area contributed by atoms with E-state index in [0.717, 1.165) is 5.56 Å². The molecule has 0 N–H and O–H groups in total. The molecule has 1 aliphatic heterocycles. The second-order valence-corrected chi connectivity index (χ2v) is 7.03. The van der Waals surface area contributed by atoms with E-state index in [0.29, 0.717) is 16.3 Å². The molecular formula is C20H16F6N2. The van der Waals surface area contributed by atoms with E-state index >= 15 is 0 Å². The number of benzene rings is 3. The highest BCUT2D eigenvalue weighted by molar-refractivity contribution is 6.21. The van der Waals surface area contributed by atoms with Crippen LogP contribution in [0.5, 0.6) is 0 Å². The predicted molar refractivity (Wildman–Crippen MR) is 97.7 cm³/mol. The van der Waals surface area contributed by atoms with E-state index in [9.17, 15) is 26.3 Å². The highest BCUT2D eigenvalue weighted by atomic mass is 19.4. The lowest BCUT2D eigenvalue weighted by Crippen LogP contribution is -2.52. The average molecular weight is 398 g/mol. The van der Waals surface area contributed by atoms with Crippen LogP contribution in [0.15, 0.2) is 36.4 Å². The highest BCUT2D eigenvalue weighted by Gasteiger charge is 2.48. The minimum Gasteiger partial charge on any atom is -0.279 e. The van der Waals surface area contributed by atoms with E-state index in [1.54, 1.807) is 38.1 Å². The van der Waals surface area contributed by atoms with Crippen LogP contribution < -0.4 is 9.80 Å². The topological polar surface area (TPSA) is 6.48 Å². The first-order chi connectivity index (χ1) is 13.0. The van der Waals surface area contributed by atoms with Gasteiger partial charge in [0, 0.05) is 23.9 Å². The van der Waals surface area contributed by atoms with Crippen LogP contribution in [-0.4, -0.2) is 25.7 Å². The zero-order valence-corrected chi connectivity index (χ0v) is 15.0. The molecule has 0 atom stereocenters. The maximum atomic E-state index is 13.8. The second kappa shape index (κ2) is 5.93. The van der Waals surface area contributed by atoms with Crippen molar-refractivity contribution < 1.29 is 26.3 Å². The minimum atomic E-state index is -4.79. The Kier molecular flexibility index (Phi) is 3.96. The van der Waals surface area contributed by atoms with Gasteiger partial charge in [0.25, 0.3) is 0 Å². The van der Waals surface area contributed by atoms with Gasteiger partial charge in [-0.25, -0.2) is 0 Å². The summed E-state index contributed by atoms with van der Waals surface area (Å²) in [7, 11) is 0. The molecule has 8 heteroatoms. The van der Waals surface area contributed by atoms with Gasteiger partial charge in [-0.05, 0) is 30.7 Å². The molecule has 1 aliphatic rings. The Morgan fingerprint density at radius 3 is 1.54 bits per heavy atom. The lowest BCUT2D eigenvalue weighted by atomic mass is 9.93. The minimum absolute atomic E-state index is 0.129. The molecule has 0 saturated carbocycles. The largest absolute Gasteiger partial charge is 0.485 e. The van der Waals surface area contributed by atoms with Crippen molar-refractivity contribution in [1.82, 2.24) is 0 Å². The summed E-state index contributed by atoms with van der Waals surface area (Å²) in [5.74, 6) is 0. The predicted octanol–water partition coefficient (Wildman–Crippen LogP) is 6.28. The van der Waals surface area contributed by atoms with Crippen molar-refractivity contribution >= 4 is 32.9 Å². The molecule has 3 aromatic rings. The van der Waals surface area contributed by atoms with Crippen LogP contribution in [0.2, 0.25) is 0 Å². The van der Waals surface area contributed by atoms with Crippen LogP contribution in [0.3, 0.4) is 0 Å². The van der Waals surface area contributed by atoms with E-state index in [4.69, 9.17) is 0 Å². The number of rotatable bonds is 0. The molecule has 2 nitrogen and oxygen atoms in total. The van der Waals surface area contributed by atoms with Crippen LogP contribution in [0.25, 0.3) is 21.5 Å². The molecule has 0 bridgehead atoms. The Balaban J connectivity index is 2.24. The van der Waals surface area contributed by atoms with Gasteiger partial charge < -0.3 is 0 Å². The van der Waals surface area contributed by atoms with Crippen LogP contribution in [0.1, 0.15) is 11.1 Å². The lowest BCUT2D eigenvalue weighted by molar-refractivity contribution is -0.140. The maximum absolute atomic E-state index is 13.8. The number of halogens is 6. The van der Waals surface area contributed by atoms with Crippen molar-refractivity contribution in [3.63, 3.8) is 0 Å². The fourth-order valence-corrected chi connectivity index (χ4v) is 3.91. The van der Waals surface area contributed by atoms with Gasteiger partial charge >= 0.3 is 12.6 Å². The fourth-order valence-electron chi connectivity index (χ4n) is 3.91. The molecular weight excluding hydrogens is 382 g/mol. The summed E-state index contributed by atoms with van der Waals surface area (Å²) in [5.41, 5.74) is 0.611. The van der Waals surface area contributed by atoms with E-state index in [-0.39, 0.29) is 20.6 Å². The van der Waals surface area contributed by atoms with Gasteiger partial charge in [0.05, 0.1) is 11.4 Å². The first kappa shape index (κ1) is 18.7. The van der Waals surface area contributed by atoms with Crippen molar-refractivity contribution in [2.45, 2.75) is 26.4 Å². The smallest absolute Gasteiger partial charge is 0.279 e. The average Bonchev–Trinajstić information content (AvgIpc) is 2.58. The molecule has 3 aromatic carbocycles. The van der Waals surface area contributed by atoms with Crippen molar-refractivity contribution in [3.05, 3.63) is 47.5 Å². The molecule has 4 rings (SSSR count). The summed E-state index contributed by atoms with van der Waals surface area (Å²) in [5, 5.41) is 1.33. The van der Waals surface area contributed by atoms with Gasteiger partial charge in [-0.1, -0.05) is 41.5 Å². The number of alkyl halides is 6. The van der Waals surface area contributed by atoms with Crippen molar-refractivity contribution in [2.75, 3.05) is 22.9 Å². The van der Waals surface area contributed by atoms with Crippen LogP contribution in [-0.2, 0) is 0 Å². The zero-order chi connectivity index (χ0) is 20.4. The lowest BCUT2D eigenvalue weighted by Gasteiger charge is -2.41. The summed E-state index contributed by atoms with van der Waals surface area (Å²) in [4.78, 5) is 0.260. The third-order valence-corrected chi connectivity index (χ3v) is 5.07. The standard InChI is InChI=1S/C20H16F6N2/c1-11-4-6-14-15(9-11)13-5-3-12(2)10-16(13)18-17(14)27(19(21,22)23)7-8-28(18)20(24,25)26/h3-6,9-10H,7-8H2,1-2H3. The zero-order valence-electron chi connectivity index (χ0n) is 15.0. The van der Waals surface area contributed by atoms with E-state index in [1.807, 2.05) is 0 Å². The van der Waals surface area contributed by atoms with Crippen LogP contribution in [0, 0.1) is 13.8 Å². The summed E-state index contributed by atoms with van der Waals surface area (Å²) in [6.07, 6.45) is -9.58. The number of hydrogen-bond donors (Lipinski definition) is 0. The van der Waals surface area contributed by atoms with E-state index in [1.165, 1.54) is 12.1 Å². The normalized spacial score (nSPS) is 15.4. The van der Waals surface area contributed by atoms with Crippen LogP contribution in [0.4, 0.5) is 37.7 Å². The maximum Gasteiger partial charge on any atom is 0.485 e. The third-order valence-electron chi connectivity index (χ3n) is 5.07. The number of aryl methyl sites for hydroxylation is 2. The molecule has 0 fully saturated rings. The summed E-state index contributed by atoms with van der Waals surface area (Å²) >= 11 is 0. The highest BCUT2D eigenvalue weighted by Crippen LogP contribution is 2.51. The molecule has 0 saturated heterocycles. The third kappa shape index (κ3) is 2.82. The first-order valence-electron chi connectivity index (χ1n) is 8.64. The van der Waals surface area contributed by atoms with E-state index in [2.05, 4.69) is 0 Å². The van der Waals surface area contributed by atoms with Crippen LogP contribution >= 0.6 is 0 Å². The molecule has 0 amide bonds. The Morgan fingerprint density at radius 2 is 1.04 bits per heavy atom. The van der Waals surface area contributed by atoms with Gasteiger partial charge in [-0.15, -0.1) is 0 Å². The summed E-state index contributed by atoms with van der Waals surface area (Å²) in [6, 6.07) is 9.75. The molecule has 0 spiro atoms. The molecule has 1 heterocycles. The molecule has 28 heavy (non-hydrogen) atoms. The quantitative estimate of drug-likeness (QED) is 0.250. The summed E-state index contributed by atoms with van der Waals surface area (Å²) in [6.45, 7) is 1.91. The van der Waals surface area contributed by atoms with Gasteiger partial charge in [0.2, 0.25) is 0 Å². The second-order valence-electron chi connectivity index (χ2n) is 7.03. The molecule has 148 valence electrons. The Morgan fingerprint density at radius 1 is 0.607 bits per heavy atom. The Labute approximate surface area is 156 Å². The fraction of sp³-hybridized carbons (Fsp3) is 0.300. The van der Waals surface area contributed by atoms with Gasteiger partial charge in [0.1, 0.15) is 0 Å². The van der Waals surface area contributed by atoms with Crippen molar-refractivity contribution in [3.8, 4) is 0 Å². The number of fused-ring (bicyclic) bond motifs is 6. The number of nitrogens with zero attached hydrogens (tertiary/aromatic N) is 2. The van der Waals surface area contributed by atoms with Gasteiger partial charge in [-0.3, -0.25) is 9.80 Å². The molecule has 0 unspecified atom stereocenters. The number of hydrogen-bond acceptors (Lipinski definition) is 2. The van der Waals surface area contributed by atoms with Crippen molar-refractivity contribution in [1.29, 1.82) is 0 Å². The monoisotopic (exact) mass is 398 g/mol. The van der Waals surface area contributed by atoms with Gasteiger partial charge in [-0.2, -0.15) is 26.3 Å².